The molecule has 0 aliphatic rings. The Morgan fingerprint density at radius 1 is 0.944 bits per heavy atom. The normalized spacial score (nSPS) is 12.0. The van der Waals surface area contributed by atoms with Crippen LogP contribution < -0.4 is 0 Å². The highest BCUT2D eigenvalue weighted by atomic mass is 32.2. The molecule has 0 heterocycles. The molecule has 0 aliphatic heterocycles. The highest BCUT2D eigenvalue weighted by Crippen LogP contribution is 2.27. The van der Waals surface area contributed by atoms with Crippen LogP contribution >= 0.6 is 11.8 Å². The molecule has 2 aromatic rings. The van der Waals surface area contributed by atoms with Gasteiger partial charge in [0.2, 0.25) is 0 Å². The van der Waals surface area contributed by atoms with Gasteiger partial charge in [0.1, 0.15) is 6.29 Å². The number of rotatable bonds is 6. The van der Waals surface area contributed by atoms with Crippen LogP contribution in [0.1, 0.15) is 17.9 Å². The van der Waals surface area contributed by atoms with Crippen molar-refractivity contribution >= 4 is 18.0 Å². The summed E-state index contributed by atoms with van der Waals surface area (Å²) in [5, 5.41) is 0. The van der Waals surface area contributed by atoms with Gasteiger partial charge in [0.05, 0.1) is 0 Å². The lowest BCUT2D eigenvalue weighted by atomic mass is 9.99. The fourth-order valence-corrected chi connectivity index (χ4v) is 2.93. The second kappa shape index (κ2) is 7.02. The van der Waals surface area contributed by atoms with Crippen LogP contribution in [0.2, 0.25) is 0 Å². The third kappa shape index (κ3) is 3.74. The van der Waals surface area contributed by atoms with Crippen molar-refractivity contribution in [3.8, 4) is 0 Å². The van der Waals surface area contributed by atoms with Gasteiger partial charge in [-0.25, -0.2) is 0 Å². The van der Waals surface area contributed by atoms with Gasteiger partial charge in [0.25, 0.3) is 0 Å². The summed E-state index contributed by atoms with van der Waals surface area (Å²) in [5.41, 5.74) is 1.24. The average molecular weight is 256 g/mol. The van der Waals surface area contributed by atoms with Crippen molar-refractivity contribution in [1.82, 2.24) is 0 Å². The van der Waals surface area contributed by atoms with Crippen LogP contribution in [0, 0.1) is 0 Å². The first kappa shape index (κ1) is 12.9. The highest BCUT2D eigenvalue weighted by molar-refractivity contribution is 7.99. The van der Waals surface area contributed by atoms with Crippen molar-refractivity contribution in [2.75, 3.05) is 5.75 Å². The van der Waals surface area contributed by atoms with Gasteiger partial charge in [-0.05, 0) is 23.6 Å². The van der Waals surface area contributed by atoms with E-state index in [1.54, 1.807) is 11.8 Å². The molecule has 2 aromatic carbocycles. The predicted molar refractivity (Wildman–Crippen MR) is 77.0 cm³/mol. The van der Waals surface area contributed by atoms with Gasteiger partial charge in [-0.2, -0.15) is 0 Å². The number of benzene rings is 2. The van der Waals surface area contributed by atoms with Gasteiger partial charge in [0.15, 0.2) is 0 Å². The number of hydrogen-bond donors (Lipinski definition) is 0. The third-order valence-electron chi connectivity index (χ3n) is 2.85. The molecule has 0 N–H and O–H groups in total. The number of carbonyl (C=O) groups is 1. The summed E-state index contributed by atoms with van der Waals surface area (Å²) < 4.78 is 0. The molecule has 0 fully saturated rings. The number of aldehydes is 1. The Balaban J connectivity index is 2.01. The van der Waals surface area contributed by atoms with Gasteiger partial charge in [-0.1, -0.05) is 48.5 Å². The molecule has 0 bridgehead atoms. The zero-order valence-corrected chi connectivity index (χ0v) is 11.0. The Labute approximate surface area is 112 Å². The van der Waals surface area contributed by atoms with Crippen LogP contribution in [0.25, 0.3) is 0 Å². The van der Waals surface area contributed by atoms with Gasteiger partial charge >= 0.3 is 0 Å². The summed E-state index contributed by atoms with van der Waals surface area (Å²) in [5.74, 6) is 1.24. The molecule has 1 nitrogen and oxygen atoms in total. The van der Waals surface area contributed by atoms with Crippen molar-refractivity contribution in [1.29, 1.82) is 0 Å². The second-order valence-corrected chi connectivity index (χ2v) is 5.23. The lowest BCUT2D eigenvalue weighted by molar-refractivity contribution is -0.108. The summed E-state index contributed by atoms with van der Waals surface area (Å²) in [6.07, 6.45) is 1.60. The van der Waals surface area contributed by atoms with Crippen LogP contribution in [0.4, 0.5) is 0 Å². The minimum Gasteiger partial charge on any atom is -0.303 e. The lowest BCUT2D eigenvalue weighted by Crippen LogP contribution is -2.02. The van der Waals surface area contributed by atoms with Crippen molar-refractivity contribution < 1.29 is 4.79 Å². The topological polar surface area (TPSA) is 17.1 Å². The monoisotopic (exact) mass is 256 g/mol. The summed E-state index contributed by atoms with van der Waals surface area (Å²) in [6, 6.07) is 20.6. The molecular formula is C16H16OS. The molecule has 0 unspecified atom stereocenters. The van der Waals surface area contributed by atoms with E-state index >= 15 is 0 Å². The fraction of sp³-hybridized carbons (Fsp3) is 0.188. The van der Waals surface area contributed by atoms with Crippen LogP contribution in [0.3, 0.4) is 0 Å². The third-order valence-corrected chi connectivity index (χ3v) is 4.02. The Morgan fingerprint density at radius 2 is 1.56 bits per heavy atom. The van der Waals surface area contributed by atoms with Crippen molar-refractivity contribution in [3.05, 3.63) is 66.2 Å². The van der Waals surface area contributed by atoms with E-state index < -0.39 is 0 Å². The number of carbonyl (C=O) groups excluding carboxylic acids is 1. The Bertz CT molecular complexity index is 467. The van der Waals surface area contributed by atoms with E-state index in [-0.39, 0.29) is 0 Å². The molecular weight excluding hydrogens is 240 g/mol. The summed E-state index contributed by atoms with van der Waals surface area (Å²) in [4.78, 5) is 12.0. The first-order chi connectivity index (χ1) is 8.90. The minimum atomic E-state index is 0.300. The number of hydrogen-bond acceptors (Lipinski definition) is 2. The predicted octanol–water partition coefficient (Wildman–Crippen LogP) is 4.15. The Hall–Kier alpha value is -1.54. The molecule has 2 heteroatoms. The molecule has 1 atom stereocenters. The SMILES string of the molecule is O=CC[C@H](CSc1ccccc1)c1ccccc1. The summed E-state index contributed by atoms with van der Waals surface area (Å²) in [7, 11) is 0. The van der Waals surface area contributed by atoms with E-state index in [9.17, 15) is 4.79 Å². The van der Waals surface area contributed by atoms with Gasteiger partial charge in [0, 0.05) is 17.1 Å². The highest BCUT2D eigenvalue weighted by Gasteiger charge is 2.11. The van der Waals surface area contributed by atoms with E-state index in [4.69, 9.17) is 0 Å². The van der Waals surface area contributed by atoms with Crippen LogP contribution in [-0.4, -0.2) is 12.0 Å². The molecule has 18 heavy (non-hydrogen) atoms. The molecule has 0 saturated carbocycles. The zero-order valence-electron chi connectivity index (χ0n) is 10.2. The molecule has 0 aromatic heterocycles. The quantitative estimate of drug-likeness (QED) is 0.570. The smallest absolute Gasteiger partial charge is 0.120 e. The fourth-order valence-electron chi connectivity index (χ4n) is 1.86. The molecule has 0 amide bonds. The zero-order chi connectivity index (χ0) is 12.6. The van der Waals surface area contributed by atoms with Crippen molar-refractivity contribution in [3.63, 3.8) is 0 Å². The first-order valence-corrected chi connectivity index (χ1v) is 7.05. The molecule has 92 valence electrons. The maximum absolute atomic E-state index is 10.8. The molecule has 0 radical (unpaired) electrons. The molecule has 0 spiro atoms. The molecule has 0 aliphatic carbocycles. The van der Waals surface area contributed by atoms with E-state index in [2.05, 4.69) is 24.3 Å². The van der Waals surface area contributed by atoms with E-state index in [0.717, 1.165) is 12.0 Å². The maximum Gasteiger partial charge on any atom is 0.120 e. The minimum absolute atomic E-state index is 0.300. The average Bonchev–Trinajstić information content (AvgIpc) is 2.45. The molecule has 0 saturated heterocycles. The largest absolute Gasteiger partial charge is 0.303 e. The Kier molecular flexibility index (Phi) is 5.03. The van der Waals surface area contributed by atoms with E-state index in [1.807, 2.05) is 36.4 Å². The van der Waals surface area contributed by atoms with Gasteiger partial charge in [-0.3, -0.25) is 0 Å². The van der Waals surface area contributed by atoms with Crippen LogP contribution in [0.15, 0.2) is 65.6 Å². The van der Waals surface area contributed by atoms with Crippen LogP contribution in [-0.2, 0) is 4.79 Å². The lowest BCUT2D eigenvalue weighted by Gasteiger charge is -2.14. The molecule has 2 rings (SSSR count). The van der Waals surface area contributed by atoms with Crippen molar-refractivity contribution in [2.24, 2.45) is 0 Å². The summed E-state index contributed by atoms with van der Waals surface area (Å²) >= 11 is 1.80. The van der Waals surface area contributed by atoms with Gasteiger partial charge in [-0.15, -0.1) is 11.8 Å². The van der Waals surface area contributed by atoms with Gasteiger partial charge < -0.3 is 4.79 Å². The van der Waals surface area contributed by atoms with E-state index in [0.29, 0.717) is 12.3 Å². The van der Waals surface area contributed by atoms with Crippen LogP contribution in [0.5, 0.6) is 0 Å². The number of thioether (sulfide) groups is 1. The van der Waals surface area contributed by atoms with Crippen molar-refractivity contribution in [2.45, 2.75) is 17.2 Å². The Morgan fingerprint density at radius 3 is 2.17 bits per heavy atom. The maximum atomic E-state index is 10.8. The first-order valence-electron chi connectivity index (χ1n) is 6.06. The standard InChI is InChI=1S/C16H16OS/c17-12-11-15(14-7-3-1-4-8-14)13-18-16-9-5-2-6-10-16/h1-10,12,15H,11,13H2/t15-/m1/s1. The van der Waals surface area contributed by atoms with E-state index in [1.165, 1.54) is 10.5 Å². The second-order valence-electron chi connectivity index (χ2n) is 4.13. The summed E-state index contributed by atoms with van der Waals surface area (Å²) in [6.45, 7) is 0.